The maximum atomic E-state index is 12.4. The van der Waals surface area contributed by atoms with E-state index in [4.69, 9.17) is 9.47 Å². The number of hydrogen-bond acceptors (Lipinski definition) is 5. The molecule has 0 saturated heterocycles. The second kappa shape index (κ2) is 11.8. The molecule has 1 amide bonds. The zero-order valence-corrected chi connectivity index (χ0v) is 14.8. The molecule has 0 aliphatic rings. The van der Waals surface area contributed by atoms with Gasteiger partial charge in [0.15, 0.2) is 11.5 Å². The summed E-state index contributed by atoms with van der Waals surface area (Å²) in [6.45, 7) is 2.35. The molecule has 0 atom stereocenters. The topological polar surface area (TPSA) is 80.6 Å². The molecule has 0 unspecified atom stereocenters. The lowest BCUT2D eigenvalue weighted by molar-refractivity contribution is -0.117. The number of benzene rings is 1. The number of carbonyl (C=O) groups is 1. The molecule has 1 N–H and O–H groups in total. The second-order valence-corrected chi connectivity index (χ2v) is 4.99. The van der Waals surface area contributed by atoms with Crippen LogP contribution in [0.15, 0.2) is 23.8 Å². The molecule has 0 aliphatic heterocycles. The second-order valence-electron chi connectivity index (χ2n) is 4.99. The fourth-order valence-corrected chi connectivity index (χ4v) is 2.01. The largest absolute Gasteiger partial charge is 0.490 e. The molecule has 0 bridgehead atoms. The zero-order chi connectivity index (χ0) is 19.4. The van der Waals surface area contributed by atoms with Crippen LogP contribution >= 0.6 is 0 Å². The van der Waals surface area contributed by atoms with Crippen molar-refractivity contribution in [2.45, 2.75) is 26.9 Å². The van der Waals surface area contributed by atoms with Gasteiger partial charge in [0.2, 0.25) is 0 Å². The van der Waals surface area contributed by atoms with Crippen LogP contribution in [0, 0.1) is 11.3 Å². The van der Waals surface area contributed by atoms with E-state index in [2.05, 4.69) is 10.1 Å². The van der Waals surface area contributed by atoms with E-state index in [1.807, 2.05) is 13.0 Å². The van der Waals surface area contributed by atoms with Crippen molar-refractivity contribution in [2.24, 2.45) is 0 Å². The van der Waals surface area contributed by atoms with E-state index in [1.165, 1.54) is 24.3 Å². The lowest BCUT2D eigenvalue weighted by Gasteiger charge is -2.12. The number of carbonyl (C=O) groups excluding carboxylic acids is 1. The maximum Gasteiger partial charge on any atom is 0.387 e. The van der Waals surface area contributed by atoms with Crippen molar-refractivity contribution in [2.75, 3.05) is 26.4 Å². The summed E-state index contributed by atoms with van der Waals surface area (Å²) in [5.41, 5.74) is 0.350. The number of halogens is 2. The molecule has 6 nitrogen and oxygen atoms in total. The van der Waals surface area contributed by atoms with Crippen molar-refractivity contribution in [1.82, 2.24) is 5.32 Å². The Morgan fingerprint density at radius 2 is 2.08 bits per heavy atom. The minimum Gasteiger partial charge on any atom is -0.490 e. The number of ether oxygens (including phenoxy) is 3. The molecule has 0 spiro atoms. The average Bonchev–Trinajstić information content (AvgIpc) is 2.61. The number of alkyl halides is 2. The third kappa shape index (κ3) is 7.49. The smallest absolute Gasteiger partial charge is 0.387 e. The van der Waals surface area contributed by atoms with E-state index in [0.717, 1.165) is 0 Å². The fourth-order valence-electron chi connectivity index (χ4n) is 2.01. The Balaban J connectivity index is 2.85. The van der Waals surface area contributed by atoms with Gasteiger partial charge in [-0.2, -0.15) is 14.0 Å². The van der Waals surface area contributed by atoms with Crippen LogP contribution in [0.1, 0.15) is 25.8 Å². The van der Waals surface area contributed by atoms with E-state index < -0.39 is 12.5 Å². The van der Waals surface area contributed by atoms with E-state index in [0.29, 0.717) is 31.7 Å². The molecule has 1 rings (SSSR count). The van der Waals surface area contributed by atoms with Crippen molar-refractivity contribution in [3.05, 3.63) is 29.3 Å². The Morgan fingerprint density at radius 3 is 2.69 bits per heavy atom. The van der Waals surface area contributed by atoms with Crippen LogP contribution in [-0.2, 0) is 9.53 Å². The number of nitrogens with one attached hydrogen (secondary N) is 1. The molecular weight excluding hydrogens is 346 g/mol. The molecule has 26 heavy (non-hydrogen) atoms. The molecule has 0 aliphatic carbocycles. The number of nitriles is 1. The number of amides is 1. The van der Waals surface area contributed by atoms with Crippen LogP contribution in [0.5, 0.6) is 11.5 Å². The maximum absolute atomic E-state index is 12.4. The van der Waals surface area contributed by atoms with Crippen molar-refractivity contribution in [3.63, 3.8) is 0 Å². The van der Waals surface area contributed by atoms with Crippen LogP contribution in [0.25, 0.3) is 6.08 Å². The Labute approximate surface area is 151 Å². The normalized spacial score (nSPS) is 11.2. The summed E-state index contributed by atoms with van der Waals surface area (Å²) in [5, 5.41) is 11.8. The summed E-state index contributed by atoms with van der Waals surface area (Å²) in [6, 6.07) is 6.02. The summed E-state index contributed by atoms with van der Waals surface area (Å²) in [5.74, 6) is -0.524. The number of hydrogen-bond donors (Lipinski definition) is 1. The fraction of sp³-hybridized carbons (Fsp3) is 0.444. The van der Waals surface area contributed by atoms with Crippen molar-refractivity contribution < 1.29 is 27.8 Å². The lowest BCUT2D eigenvalue weighted by atomic mass is 10.1. The van der Waals surface area contributed by atoms with Gasteiger partial charge in [-0.15, -0.1) is 0 Å². The van der Waals surface area contributed by atoms with Crippen molar-refractivity contribution in [3.8, 4) is 17.6 Å². The predicted molar refractivity (Wildman–Crippen MR) is 92.0 cm³/mol. The lowest BCUT2D eigenvalue weighted by Crippen LogP contribution is -2.26. The Morgan fingerprint density at radius 1 is 1.31 bits per heavy atom. The van der Waals surface area contributed by atoms with Crippen molar-refractivity contribution >= 4 is 12.0 Å². The van der Waals surface area contributed by atoms with Gasteiger partial charge in [-0.05, 0) is 44.0 Å². The molecule has 1 aromatic carbocycles. The van der Waals surface area contributed by atoms with Gasteiger partial charge in [0.1, 0.15) is 11.6 Å². The summed E-state index contributed by atoms with van der Waals surface area (Å²) >= 11 is 0. The van der Waals surface area contributed by atoms with Gasteiger partial charge in [-0.1, -0.05) is 6.07 Å². The van der Waals surface area contributed by atoms with Crippen LogP contribution < -0.4 is 14.8 Å². The predicted octanol–water partition coefficient (Wildman–Crippen LogP) is 3.14. The quantitative estimate of drug-likeness (QED) is 0.369. The molecule has 0 heterocycles. The van der Waals surface area contributed by atoms with Gasteiger partial charge in [0, 0.05) is 19.8 Å². The van der Waals surface area contributed by atoms with E-state index in [-0.39, 0.29) is 23.7 Å². The van der Waals surface area contributed by atoms with E-state index >= 15 is 0 Å². The van der Waals surface area contributed by atoms with Gasteiger partial charge >= 0.3 is 6.61 Å². The van der Waals surface area contributed by atoms with E-state index in [9.17, 15) is 18.8 Å². The molecule has 0 saturated carbocycles. The highest BCUT2D eigenvalue weighted by Gasteiger charge is 2.13. The summed E-state index contributed by atoms with van der Waals surface area (Å²) in [4.78, 5) is 12.0. The molecule has 0 aromatic heterocycles. The van der Waals surface area contributed by atoms with Gasteiger partial charge in [-0.25, -0.2) is 0 Å². The molecule has 8 heteroatoms. The Bertz CT molecular complexity index is 657. The first kappa shape index (κ1) is 21.4. The number of rotatable bonds is 11. The third-order valence-corrected chi connectivity index (χ3v) is 3.11. The summed E-state index contributed by atoms with van der Waals surface area (Å²) < 4.78 is 39.6. The first-order chi connectivity index (χ1) is 12.5. The zero-order valence-electron chi connectivity index (χ0n) is 14.8. The van der Waals surface area contributed by atoms with Crippen molar-refractivity contribution in [1.29, 1.82) is 5.26 Å². The highest BCUT2D eigenvalue weighted by molar-refractivity contribution is 6.01. The van der Waals surface area contributed by atoms with Crippen LogP contribution in [-0.4, -0.2) is 38.9 Å². The first-order valence-electron chi connectivity index (χ1n) is 8.21. The van der Waals surface area contributed by atoms with Gasteiger partial charge in [-0.3, -0.25) is 4.79 Å². The molecule has 0 fully saturated rings. The summed E-state index contributed by atoms with van der Waals surface area (Å²) in [7, 11) is 0. The van der Waals surface area contributed by atoms with Gasteiger partial charge in [0.05, 0.1) is 6.61 Å². The van der Waals surface area contributed by atoms with Crippen LogP contribution in [0.3, 0.4) is 0 Å². The number of nitrogens with zero attached hydrogens (tertiary/aromatic N) is 1. The first-order valence-corrected chi connectivity index (χ1v) is 8.21. The molecule has 1 aromatic rings. The van der Waals surface area contributed by atoms with Crippen LogP contribution in [0.2, 0.25) is 0 Å². The Hall–Kier alpha value is -2.66. The molecule has 0 radical (unpaired) electrons. The van der Waals surface area contributed by atoms with Gasteiger partial charge < -0.3 is 19.5 Å². The highest BCUT2D eigenvalue weighted by Crippen LogP contribution is 2.30. The van der Waals surface area contributed by atoms with E-state index in [1.54, 1.807) is 6.92 Å². The third-order valence-electron chi connectivity index (χ3n) is 3.11. The summed E-state index contributed by atoms with van der Waals surface area (Å²) in [6.07, 6.45) is 1.99. The SMILES string of the molecule is CCOCCCNC(=O)/C(C#N)=C/c1ccc(OC(F)F)c(OCC)c1. The molecular formula is C18H22F2N2O4. The minimum atomic E-state index is -2.98. The minimum absolute atomic E-state index is 0.105. The molecule has 142 valence electrons. The standard InChI is InChI=1S/C18H22F2N2O4/c1-3-24-9-5-8-22-17(23)14(12-21)10-13-6-7-15(26-18(19)20)16(11-13)25-4-2/h6-7,10-11,18H,3-5,8-9H2,1-2H3,(H,22,23)/b14-10+. The highest BCUT2D eigenvalue weighted by atomic mass is 19.3. The monoisotopic (exact) mass is 368 g/mol. The van der Waals surface area contributed by atoms with Gasteiger partial charge in [0.25, 0.3) is 5.91 Å². The van der Waals surface area contributed by atoms with Crippen LogP contribution in [0.4, 0.5) is 8.78 Å². The Kier molecular flexibility index (Phi) is 9.72. The average molecular weight is 368 g/mol.